The highest BCUT2D eigenvalue weighted by Crippen LogP contribution is 2.35. The molecule has 1 aromatic carbocycles. The highest BCUT2D eigenvalue weighted by molar-refractivity contribution is 8.00. The van der Waals surface area contributed by atoms with Crippen LogP contribution in [0, 0.1) is 0 Å². The smallest absolute Gasteiger partial charge is 0.289 e. The summed E-state index contributed by atoms with van der Waals surface area (Å²) >= 11 is 1.55. The first kappa shape index (κ1) is 18.1. The van der Waals surface area contributed by atoms with Crippen molar-refractivity contribution >= 4 is 29.3 Å². The van der Waals surface area contributed by atoms with E-state index < -0.39 is 0 Å². The van der Waals surface area contributed by atoms with E-state index in [9.17, 15) is 9.59 Å². The van der Waals surface area contributed by atoms with E-state index in [-0.39, 0.29) is 24.0 Å². The molecule has 6 nitrogen and oxygen atoms in total. The molecule has 2 aromatic rings. The highest BCUT2D eigenvalue weighted by atomic mass is 32.2. The van der Waals surface area contributed by atoms with Gasteiger partial charge in [-0.25, -0.2) is 0 Å². The van der Waals surface area contributed by atoms with Crippen molar-refractivity contribution < 1.29 is 18.7 Å². The fourth-order valence-corrected chi connectivity index (χ4v) is 4.50. The van der Waals surface area contributed by atoms with Gasteiger partial charge in [0.05, 0.1) is 30.2 Å². The Bertz CT molecular complexity index is 855. The zero-order valence-corrected chi connectivity index (χ0v) is 16.2. The molecule has 2 aliphatic rings. The number of ether oxygens (including phenoxy) is 1. The molecule has 2 aliphatic heterocycles. The van der Waals surface area contributed by atoms with Crippen LogP contribution in [0.1, 0.15) is 30.2 Å². The van der Waals surface area contributed by atoms with Crippen molar-refractivity contribution in [2.45, 2.75) is 37.5 Å². The summed E-state index contributed by atoms with van der Waals surface area (Å²) in [6, 6.07) is 11.3. The van der Waals surface area contributed by atoms with Gasteiger partial charge < -0.3 is 19.0 Å². The van der Waals surface area contributed by atoms with Crippen molar-refractivity contribution in [1.29, 1.82) is 0 Å². The summed E-state index contributed by atoms with van der Waals surface area (Å²) in [6.07, 6.45) is 0.0132. The van der Waals surface area contributed by atoms with Crippen molar-refractivity contribution in [3.63, 3.8) is 0 Å². The fraction of sp³-hybridized carbons (Fsp3) is 0.400. The highest BCUT2D eigenvalue weighted by Gasteiger charge is 2.29. The molecule has 2 atom stereocenters. The number of benzene rings is 1. The zero-order valence-electron chi connectivity index (χ0n) is 15.4. The van der Waals surface area contributed by atoms with Gasteiger partial charge in [-0.1, -0.05) is 12.1 Å². The number of para-hydroxylation sites is 1. The van der Waals surface area contributed by atoms with Crippen LogP contribution in [-0.2, 0) is 16.1 Å². The van der Waals surface area contributed by atoms with E-state index in [4.69, 9.17) is 9.15 Å². The number of carbonyl (C=O) groups is 2. The standard InChI is InChI=1S/C20H22N2O4S/c1-13-9-21(10-14(2)25-13)20(24)17-8-7-15(26-17)11-22-16-5-3-4-6-18(16)27-12-19(22)23/h3-8,13-14H,9-12H2,1-2H3. The molecule has 7 heteroatoms. The van der Waals surface area contributed by atoms with E-state index in [2.05, 4.69) is 0 Å². The third-order valence-corrected chi connectivity index (χ3v) is 5.75. The molecule has 1 fully saturated rings. The maximum Gasteiger partial charge on any atom is 0.289 e. The largest absolute Gasteiger partial charge is 0.454 e. The number of anilines is 1. The molecule has 2 unspecified atom stereocenters. The van der Waals surface area contributed by atoms with E-state index in [1.54, 1.807) is 33.7 Å². The lowest BCUT2D eigenvalue weighted by Gasteiger charge is -2.34. The van der Waals surface area contributed by atoms with Gasteiger partial charge >= 0.3 is 0 Å². The van der Waals surface area contributed by atoms with E-state index in [0.29, 0.717) is 36.9 Å². The first-order valence-electron chi connectivity index (χ1n) is 9.07. The van der Waals surface area contributed by atoms with Gasteiger partial charge in [-0.15, -0.1) is 11.8 Å². The third kappa shape index (κ3) is 3.75. The van der Waals surface area contributed by atoms with Crippen LogP contribution in [-0.4, -0.2) is 47.8 Å². The lowest BCUT2D eigenvalue weighted by molar-refractivity contribution is -0.116. The number of rotatable bonds is 3. The molecule has 0 bridgehead atoms. The van der Waals surface area contributed by atoms with Gasteiger partial charge in [0.25, 0.3) is 5.91 Å². The van der Waals surface area contributed by atoms with Gasteiger partial charge in [0, 0.05) is 18.0 Å². The average Bonchev–Trinajstić information content (AvgIpc) is 3.11. The molecule has 27 heavy (non-hydrogen) atoms. The third-order valence-electron chi connectivity index (χ3n) is 4.70. The van der Waals surface area contributed by atoms with Crippen LogP contribution in [0.2, 0.25) is 0 Å². The number of fused-ring (bicyclic) bond motifs is 1. The second-order valence-electron chi connectivity index (χ2n) is 6.97. The van der Waals surface area contributed by atoms with Crippen molar-refractivity contribution in [2.75, 3.05) is 23.7 Å². The van der Waals surface area contributed by atoms with Crippen LogP contribution in [0.3, 0.4) is 0 Å². The van der Waals surface area contributed by atoms with Gasteiger partial charge in [0.2, 0.25) is 5.91 Å². The molecular formula is C20H22N2O4S. The van der Waals surface area contributed by atoms with E-state index in [1.165, 1.54) is 0 Å². The fourth-order valence-electron chi connectivity index (χ4n) is 3.56. The molecule has 2 amide bonds. The van der Waals surface area contributed by atoms with Crippen LogP contribution >= 0.6 is 11.8 Å². The van der Waals surface area contributed by atoms with Gasteiger partial charge in [0.1, 0.15) is 5.76 Å². The second-order valence-corrected chi connectivity index (χ2v) is 7.99. The molecule has 0 spiro atoms. The number of morpholine rings is 1. The van der Waals surface area contributed by atoms with E-state index in [0.717, 1.165) is 10.6 Å². The second kappa shape index (κ2) is 7.40. The number of thioether (sulfide) groups is 1. The Hall–Kier alpha value is -2.25. The maximum atomic E-state index is 12.8. The van der Waals surface area contributed by atoms with Gasteiger partial charge in [-0.05, 0) is 38.1 Å². The minimum atomic E-state index is -0.135. The number of hydrogen-bond donors (Lipinski definition) is 0. The first-order chi connectivity index (χ1) is 13.0. The lowest BCUT2D eigenvalue weighted by Crippen LogP contribution is -2.48. The van der Waals surface area contributed by atoms with Gasteiger partial charge in [-0.3, -0.25) is 9.59 Å². The van der Waals surface area contributed by atoms with Crippen molar-refractivity contribution in [3.05, 3.63) is 47.9 Å². The summed E-state index contributed by atoms with van der Waals surface area (Å²) in [7, 11) is 0. The molecule has 0 aliphatic carbocycles. The normalized spacial score (nSPS) is 22.7. The molecular weight excluding hydrogens is 364 g/mol. The maximum absolute atomic E-state index is 12.8. The molecule has 0 N–H and O–H groups in total. The minimum Gasteiger partial charge on any atom is -0.454 e. The number of nitrogens with zero attached hydrogens (tertiary/aromatic N) is 2. The van der Waals surface area contributed by atoms with Crippen LogP contribution in [0.4, 0.5) is 5.69 Å². The molecule has 142 valence electrons. The van der Waals surface area contributed by atoms with Crippen LogP contribution in [0.25, 0.3) is 0 Å². The SMILES string of the molecule is CC1CN(C(=O)c2ccc(CN3C(=O)CSc4ccccc43)o2)CC(C)O1. The number of amides is 2. The Labute approximate surface area is 162 Å². The Morgan fingerprint density at radius 3 is 2.67 bits per heavy atom. The zero-order chi connectivity index (χ0) is 19.0. The monoisotopic (exact) mass is 386 g/mol. The lowest BCUT2D eigenvalue weighted by atomic mass is 10.2. The average molecular weight is 386 g/mol. The van der Waals surface area contributed by atoms with Crippen LogP contribution in [0.5, 0.6) is 0 Å². The van der Waals surface area contributed by atoms with Crippen molar-refractivity contribution in [2.24, 2.45) is 0 Å². The first-order valence-corrected chi connectivity index (χ1v) is 10.1. The summed E-state index contributed by atoms with van der Waals surface area (Å²) in [5, 5.41) is 0. The van der Waals surface area contributed by atoms with Crippen LogP contribution < -0.4 is 4.90 Å². The quantitative estimate of drug-likeness (QED) is 0.811. The Balaban J connectivity index is 1.50. The van der Waals surface area contributed by atoms with Gasteiger partial charge in [-0.2, -0.15) is 0 Å². The Morgan fingerprint density at radius 2 is 1.89 bits per heavy atom. The summed E-state index contributed by atoms with van der Waals surface area (Å²) in [6.45, 7) is 5.34. The summed E-state index contributed by atoms with van der Waals surface area (Å²) in [5.74, 6) is 1.22. The molecule has 1 saturated heterocycles. The van der Waals surface area contributed by atoms with Crippen molar-refractivity contribution in [1.82, 2.24) is 4.90 Å². The Morgan fingerprint density at radius 1 is 1.15 bits per heavy atom. The summed E-state index contributed by atoms with van der Waals surface area (Å²) in [4.78, 5) is 29.7. The predicted octanol–water partition coefficient (Wildman–Crippen LogP) is 3.17. The van der Waals surface area contributed by atoms with E-state index in [1.807, 2.05) is 38.1 Å². The minimum absolute atomic E-state index is 0.00658. The molecule has 3 heterocycles. The predicted molar refractivity (Wildman–Crippen MR) is 103 cm³/mol. The number of furan rings is 1. The molecule has 0 saturated carbocycles. The van der Waals surface area contributed by atoms with Crippen LogP contribution in [0.15, 0.2) is 45.7 Å². The summed E-state index contributed by atoms with van der Waals surface area (Å²) in [5.41, 5.74) is 0.888. The Kier molecular flexibility index (Phi) is 4.97. The van der Waals surface area contributed by atoms with Crippen molar-refractivity contribution in [3.8, 4) is 0 Å². The van der Waals surface area contributed by atoms with E-state index >= 15 is 0 Å². The summed E-state index contributed by atoms with van der Waals surface area (Å²) < 4.78 is 11.5. The topological polar surface area (TPSA) is 63.0 Å². The number of hydrogen-bond acceptors (Lipinski definition) is 5. The molecule has 4 rings (SSSR count). The molecule has 0 radical (unpaired) electrons. The molecule has 1 aromatic heterocycles. The number of carbonyl (C=O) groups excluding carboxylic acids is 2. The van der Waals surface area contributed by atoms with Gasteiger partial charge in [0.15, 0.2) is 5.76 Å².